The Bertz CT molecular complexity index is 1210. The van der Waals surface area contributed by atoms with Crippen LogP contribution in [0.2, 0.25) is 5.02 Å². The number of sulfonamides is 1. The molecular weight excluding hydrogens is 458 g/mol. The lowest BCUT2D eigenvalue weighted by molar-refractivity contribution is -0.118. The Morgan fingerprint density at radius 3 is 2.65 bits per heavy atom. The predicted octanol–water partition coefficient (Wildman–Crippen LogP) is 4.60. The zero-order valence-electron chi connectivity index (χ0n) is 17.6. The van der Waals surface area contributed by atoms with Crippen LogP contribution in [0.15, 0.2) is 41.3 Å². The summed E-state index contributed by atoms with van der Waals surface area (Å²) >= 11 is 7.45. The van der Waals surface area contributed by atoms with Gasteiger partial charge in [-0.25, -0.2) is 13.4 Å². The molecular formula is C21H24ClN3O4S2. The molecule has 1 amide bonds. The number of halogens is 1. The zero-order valence-corrected chi connectivity index (χ0v) is 20.0. The largest absolute Gasteiger partial charge is 0.495 e. The first-order valence-electron chi connectivity index (χ1n) is 9.63. The van der Waals surface area contributed by atoms with Gasteiger partial charge in [0, 0.05) is 5.02 Å². The average molecular weight is 482 g/mol. The van der Waals surface area contributed by atoms with E-state index in [-0.39, 0.29) is 10.8 Å². The summed E-state index contributed by atoms with van der Waals surface area (Å²) < 4.78 is 34.7. The third kappa shape index (κ3) is 5.74. The van der Waals surface area contributed by atoms with Gasteiger partial charge in [0.1, 0.15) is 11.8 Å². The third-order valence-electron chi connectivity index (χ3n) is 4.52. The Morgan fingerprint density at radius 1 is 1.23 bits per heavy atom. The quantitative estimate of drug-likeness (QED) is 0.490. The molecule has 0 spiro atoms. The fourth-order valence-electron chi connectivity index (χ4n) is 3.12. The highest BCUT2D eigenvalue weighted by Gasteiger charge is 2.27. The monoisotopic (exact) mass is 481 g/mol. The number of carbonyl (C=O) groups is 1. The molecule has 0 saturated carbocycles. The molecule has 3 rings (SSSR count). The van der Waals surface area contributed by atoms with Gasteiger partial charge in [-0.2, -0.15) is 4.72 Å². The summed E-state index contributed by atoms with van der Waals surface area (Å²) in [5.41, 5.74) is 1.11. The topological polar surface area (TPSA) is 97.4 Å². The summed E-state index contributed by atoms with van der Waals surface area (Å²) in [5, 5.41) is 4.00. The van der Waals surface area contributed by atoms with Gasteiger partial charge in [-0.15, -0.1) is 11.3 Å². The first-order chi connectivity index (χ1) is 14.6. The van der Waals surface area contributed by atoms with Crippen LogP contribution in [0.4, 0.5) is 5.69 Å². The number of hydrogen-bond donors (Lipinski definition) is 2. The van der Waals surface area contributed by atoms with Crippen LogP contribution in [0.3, 0.4) is 0 Å². The molecule has 31 heavy (non-hydrogen) atoms. The van der Waals surface area contributed by atoms with E-state index >= 15 is 0 Å². The summed E-state index contributed by atoms with van der Waals surface area (Å²) in [6.07, 6.45) is 0.315. The summed E-state index contributed by atoms with van der Waals surface area (Å²) in [6.45, 7) is 5.70. The maximum Gasteiger partial charge on any atom is 0.242 e. The van der Waals surface area contributed by atoms with Crippen molar-refractivity contribution in [3.8, 4) is 5.75 Å². The van der Waals surface area contributed by atoms with Crippen molar-refractivity contribution in [3.05, 3.63) is 46.4 Å². The van der Waals surface area contributed by atoms with E-state index in [2.05, 4.69) is 15.0 Å². The minimum atomic E-state index is -3.94. The van der Waals surface area contributed by atoms with Gasteiger partial charge in [0.25, 0.3) is 0 Å². The molecule has 0 fully saturated rings. The SMILES string of the molecule is COc1ccc(Cl)cc1NC(=O)[C@@H](CC(C)C)NS(=O)(=O)c1ccc2nc(C)sc2c1. The van der Waals surface area contributed by atoms with Crippen LogP contribution in [-0.2, 0) is 14.8 Å². The van der Waals surface area contributed by atoms with Gasteiger partial charge in [0.15, 0.2) is 0 Å². The first kappa shape index (κ1) is 23.5. The Kier molecular flexibility index (Phi) is 7.20. The van der Waals surface area contributed by atoms with Crippen molar-refractivity contribution in [2.75, 3.05) is 12.4 Å². The number of aromatic nitrogens is 1. The lowest BCUT2D eigenvalue weighted by Gasteiger charge is -2.21. The van der Waals surface area contributed by atoms with Gasteiger partial charge in [0.05, 0.1) is 32.9 Å². The molecule has 2 N–H and O–H groups in total. The minimum absolute atomic E-state index is 0.0753. The van der Waals surface area contributed by atoms with Gasteiger partial charge in [0.2, 0.25) is 15.9 Å². The number of hydrogen-bond acceptors (Lipinski definition) is 6. The highest BCUT2D eigenvalue weighted by molar-refractivity contribution is 7.89. The van der Waals surface area contributed by atoms with E-state index in [1.54, 1.807) is 30.3 Å². The smallest absolute Gasteiger partial charge is 0.242 e. The number of nitrogens with one attached hydrogen (secondary N) is 2. The van der Waals surface area contributed by atoms with Crippen LogP contribution >= 0.6 is 22.9 Å². The van der Waals surface area contributed by atoms with Crippen molar-refractivity contribution < 1.29 is 17.9 Å². The molecule has 10 heteroatoms. The number of thiazole rings is 1. The van der Waals surface area contributed by atoms with Crippen molar-refractivity contribution in [1.29, 1.82) is 0 Å². The standard InChI is InChI=1S/C21H24ClN3O4S2/c1-12(2)9-18(21(26)24-17-10-14(22)5-8-19(17)29-4)25-31(27,28)15-6-7-16-20(11-15)30-13(3)23-16/h5-8,10-12,18,25H,9H2,1-4H3,(H,24,26)/t18-/m1/s1. The third-order valence-corrected chi connectivity index (χ3v) is 7.16. The molecule has 2 aromatic carbocycles. The lowest BCUT2D eigenvalue weighted by atomic mass is 10.0. The van der Waals surface area contributed by atoms with Crippen LogP contribution in [0, 0.1) is 12.8 Å². The zero-order chi connectivity index (χ0) is 22.8. The summed E-state index contributed by atoms with van der Waals surface area (Å²) in [5.74, 6) is 0.00816. The van der Waals surface area contributed by atoms with Crippen LogP contribution in [-0.4, -0.2) is 32.5 Å². The second-order valence-electron chi connectivity index (χ2n) is 7.50. The van der Waals surface area contributed by atoms with Crippen LogP contribution in [0.1, 0.15) is 25.3 Å². The molecule has 1 atom stereocenters. The molecule has 0 radical (unpaired) electrons. The van der Waals surface area contributed by atoms with E-state index < -0.39 is 22.0 Å². The fraction of sp³-hybridized carbons (Fsp3) is 0.333. The number of fused-ring (bicyclic) bond motifs is 1. The van der Waals surface area contributed by atoms with Gasteiger partial charge in [-0.3, -0.25) is 4.79 Å². The number of methoxy groups -OCH3 is 1. The average Bonchev–Trinajstić information content (AvgIpc) is 3.06. The molecule has 0 unspecified atom stereocenters. The van der Waals surface area contributed by atoms with E-state index in [1.165, 1.54) is 24.5 Å². The van der Waals surface area contributed by atoms with E-state index in [1.807, 2.05) is 20.8 Å². The number of anilines is 1. The normalized spacial score (nSPS) is 12.8. The van der Waals surface area contributed by atoms with Gasteiger partial charge in [-0.05, 0) is 55.7 Å². The number of benzene rings is 2. The van der Waals surface area contributed by atoms with E-state index in [9.17, 15) is 13.2 Å². The second-order valence-corrected chi connectivity index (χ2v) is 10.9. The number of ether oxygens (including phenoxy) is 1. The van der Waals surface area contributed by atoms with E-state index in [0.717, 1.165) is 15.2 Å². The first-order valence-corrected chi connectivity index (χ1v) is 12.3. The summed E-state index contributed by atoms with van der Waals surface area (Å²) in [7, 11) is -2.46. The van der Waals surface area contributed by atoms with E-state index in [0.29, 0.717) is 22.9 Å². The van der Waals surface area contributed by atoms with Crippen molar-refractivity contribution >= 4 is 54.8 Å². The molecule has 0 aliphatic carbocycles. The molecule has 0 aliphatic heterocycles. The number of nitrogens with zero attached hydrogens (tertiary/aromatic N) is 1. The summed E-state index contributed by atoms with van der Waals surface area (Å²) in [6, 6.07) is 8.59. The number of aryl methyl sites for hydroxylation is 1. The van der Waals surface area contributed by atoms with Crippen LogP contribution < -0.4 is 14.8 Å². The lowest BCUT2D eigenvalue weighted by Crippen LogP contribution is -2.44. The van der Waals surface area contributed by atoms with Crippen LogP contribution in [0.25, 0.3) is 10.2 Å². The highest BCUT2D eigenvalue weighted by atomic mass is 35.5. The minimum Gasteiger partial charge on any atom is -0.495 e. The van der Waals surface area contributed by atoms with Gasteiger partial charge < -0.3 is 10.1 Å². The molecule has 0 saturated heterocycles. The maximum absolute atomic E-state index is 13.1. The van der Waals surface area contributed by atoms with Crippen molar-refractivity contribution in [3.63, 3.8) is 0 Å². The molecule has 1 heterocycles. The number of rotatable bonds is 8. The summed E-state index contributed by atoms with van der Waals surface area (Å²) in [4.78, 5) is 17.4. The van der Waals surface area contributed by atoms with Crippen LogP contribution in [0.5, 0.6) is 5.75 Å². The molecule has 7 nitrogen and oxygen atoms in total. The van der Waals surface area contributed by atoms with Crippen molar-refractivity contribution in [2.24, 2.45) is 5.92 Å². The molecule has 1 aromatic heterocycles. The Morgan fingerprint density at radius 2 is 1.97 bits per heavy atom. The molecule has 0 aliphatic rings. The maximum atomic E-state index is 13.1. The predicted molar refractivity (Wildman–Crippen MR) is 125 cm³/mol. The molecule has 166 valence electrons. The van der Waals surface area contributed by atoms with Gasteiger partial charge in [-0.1, -0.05) is 25.4 Å². The van der Waals surface area contributed by atoms with Gasteiger partial charge >= 0.3 is 0 Å². The Labute approximate surface area is 190 Å². The van der Waals surface area contributed by atoms with Crippen molar-refractivity contribution in [2.45, 2.75) is 38.1 Å². The molecule has 3 aromatic rings. The second kappa shape index (κ2) is 9.52. The van der Waals surface area contributed by atoms with Crippen molar-refractivity contribution in [1.82, 2.24) is 9.71 Å². The number of amides is 1. The Hall–Kier alpha value is -2.20. The number of carbonyl (C=O) groups excluding carboxylic acids is 1. The molecule has 0 bridgehead atoms. The fourth-order valence-corrected chi connectivity index (χ4v) is 5.47. The Balaban J connectivity index is 1.87. The van der Waals surface area contributed by atoms with E-state index in [4.69, 9.17) is 16.3 Å². The highest BCUT2D eigenvalue weighted by Crippen LogP contribution is 2.28.